The Bertz CT molecular complexity index is 343. The second kappa shape index (κ2) is 7.57. The van der Waals surface area contributed by atoms with Crippen molar-refractivity contribution in [1.82, 2.24) is 10.0 Å². The van der Waals surface area contributed by atoms with Gasteiger partial charge in [0.1, 0.15) is 0 Å². The number of hydrogen-bond donors (Lipinski definition) is 2. The van der Waals surface area contributed by atoms with Crippen molar-refractivity contribution in [1.29, 1.82) is 0 Å². The van der Waals surface area contributed by atoms with Gasteiger partial charge in [0.15, 0.2) is 0 Å². The van der Waals surface area contributed by atoms with Gasteiger partial charge in [-0.25, -0.2) is 13.1 Å². The number of sulfonamides is 1. The molecule has 114 valence electrons. The second-order valence-electron chi connectivity index (χ2n) is 6.39. The minimum absolute atomic E-state index is 0.162. The minimum Gasteiger partial charge on any atom is -0.378 e. The normalized spacial score (nSPS) is 18.7. The van der Waals surface area contributed by atoms with E-state index in [0.717, 1.165) is 32.4 Å². The first kappa shape index (κ1) is 16.9. The van der Waals surface area contributed by atoms with Crippen LogP contribution in [0.25, 0.3) is 0 Å². The second-order valence-corrected chi connectivity index (χ2v) is 8.19. The van der Waals surface area contributed by atoms with Crippen LogP contribution in [-0.4, -0.2) is 46.5 Å². The van der Waals surface area contributed by atoms with Crippen molar-refractivity contribution in [2.24, 2.45) is 5.41 Å². The molecule has 0 saturated carbocycles. The van der Waals surface area contributed by atoms with Gasteiger partial charge in [0.2, 0.25) is 10.0 Å². The van der Waals surface area contributed by atoms with E-state index in [9.17, 15) is 8.42 Å². The Morgan fingerprint density at radius 2 is 1.89 bits per heavy atom. The number of rotatable bonds is 7. The van der Waals surface area contributed by atoms with Gasteiger partial charge in [-0.15, -0.1) is 0 Å². The SMILES string of the molecule is CC(C)(C)CS(=O)(=O)NCCCOC1CCNCC1. The first-order valence-corrected chi connectivity index (χ1v) is 8.73. The summed E-state index contributed by atoms with van der Waals surface area (Å²) in [5, 5.41) is 3.29. The van der Waals surface area contributed by atoms with Crippen LogP contribution >= 0.6 is 0 Å². The fraction of sp³-hybridized carbons (Fsp3) is 1.00. The van der Waals surface area contributed by atoms with E-state index < -0.39 is 10.0 Å². The van der Waals surface area contributed by atoms with Gasteiger partial charge >= 0.3 is 0 Å². The monoisotopic (exact) mass is 292 g/mol. The van der Waals surface area contributed by atoms with E-state index in [0.29, 0.717) is 19.3 Å². The maximum absolute atomic E-state index is 11.8. The molecule has 19 heavy (non-hydrogen) atoms. The number of ether oxygens (including phenoxy) is 1. The van der Waals surface area contributed by atoms with E-state index in [2.05, 4.69) is 10.0 Å². The quantitative estimate of drug-likeness (QED) is 0.690. The molecule has 0 spiro atoms. The lowest BCUT2D eigenvalue weighted by molar-refractivity contribution is 0.0322. The Hall–Kier alpha value is -0.170. The van der Waals surface area contributed by atoms with Crippen molar-refractivity contribution in [3.8, 4) is 0 Å². The molecule has 0 radical (unpaired) electrons. The van der Waals surface area contributed by atoms with Crippen LogP contribution in [0.15, 0.2) is 0 Å². The molecule has 0 atom stereocenters. The van der Waals surface area contributed by atoms with Crippen LogP contribution in [0.4, 0.5) is 0 Å². The summed E-state index contributed by atoms with van der Waals surface area (Å²) in [7, 11) is -3.16. The topological polar surface area (TPSA) is 67.4 Å². The standard InChI is InChI=1S/C13H28N2O3S/c1-13(2,3)11-19(16,17)15-7-4-10-18-12-5-8-14-9-6-12/h12,14-15H,4-11H2,1-3H3. The molecule has 0 aromatic rings. The van der Waals surface area contributed by atoms with E-state index in [1.165, 1.54) is 0 Å². The van der Waals surface area contributed by atoms with Crippen molar-refractivity contribution in [2.45, 2.75) is 46.1 Å². The van der Waals surface area contributed by atoms with Gasteiger partial charge in [0, 0.05) is 13.2 Å². The average Bonchev–Trinajstić information content (AvgIpc) is 2.26. The highest BCUT2D eigenvalue weighted by Gasteiger charge is 2.20. The molecule has 0 unspecified atom stereocenters. The molecule has 1 heterocycles. The van der Waals surface area contributed by atoms with Gasteiger partial charge in [-0.2, -0.15) is 0 Å². The molecule has 0 bridgehead atoms. The Morgan fingerprint density at radius 3 is 2.47 bits per heavy atom. The van der Waals surface area contributed by atoms with Crippen molar-refractivity contribution >= 4 is 10.0 Å². The summed E-state index contributed by atoms with van der Waals surface area (Å²) in [6.45, 7) is 8.89. The summed E-state index contributed by atoms with van der Waals surface area (Å²) in [6, 6.07) is 0. The zero-order valence-electron chi connectivity index (χ0n) is 12.4. The molecule has 1 fully saturated rings. The van der Waals surface area contributed by atoms with Crippen LogP contribution in [0.3, 0.4) is 0 Å². The van der Waals surface area contributed by atoms with Crippen LogP contribution in [0.1, 0.15) is 40.0 Å². The van der Waals surface area contributed by atoms with Crippen LogP contribution < -0.4 is 10.0 Å². The smallest absolute Gasteiger partial charge is 0.212 e. The predicted octanol–water partition coefficient (Wildman–Crippen LogP) is 1.11. The summed E-state index contributed by atoms with van der Waals surface area (Å²) in [5.41, 5.74) is -0.211. The van der Waals surface area contributed by atoms with Crippen LogP contribution in [0.5, 0.6) is 0 Å². The van der Waals surface area contributed by atoms with E-state index in [-0.39, 0.29) is 11.2 Å². The Balaban J connectivity index is 2.09. The Morgan fingerprint density at radius 1 is 1.26 bits per heavy atom. The van der Waals surface area contributed by atoms with E-state index in [1.54, 1.807) is 0 Å². The highest BCUT2D eigenvalue weighted by atomic mass is 32.2. The lowest BCUT2D eigenvalue weighted by Crippen LogP contribution is -2.34. The highest BCUT2D eigenvalue weighted by molar-refractivity contribution is 7.89. The molecule has 0 amide bonds. The van der Waals surface area contributed by atoms with Gasteiger partial charge in [0.25, 0.3) is 0 Å². The molecule has 2 N–H and O–H groups in total. The molecule has 0 aliphatic carbocycles. The molecule has 5 nitrogen and oxygen atoms in total. The molecular weight excluding hydrogens is 264 g/mol. The molecule has 0 aromatic carbocycles. The minimum atomic E-state index is -3.16. The lowest BCUT2D eigenvalue weighted by Gasteiger charge is -2.23. The third kappa shape index (κ3) is 8.57. The summed E-state index contributed by atoms with van der Waals surface area (Å²) in [4.78, 5) is 0. The third-order valence-corrected chi connectivity index (χ3v) is 4.80. The van der Waals surface area contributed by atoms with E-state index >= 15 is 0 Å². The predicted molar refractivity (Wildman–Crippen MR) is 77.7 cm³/mol. The van der Waals surface area contributed by atoms with E-state index in [1.807, 2.05) is 20.8 Å². The van der Waals surface area contributed by atoms with Gasteiger partial charge < -0.3 is 10.1 Å². The Labute approximate surface area is 117 Å². The lowest BCUT2D eigenvalue weighted by atomic mass is 10.0. The number of piperidine rings is 1. The maximum atomic E-state index is 11.8. The van der Waals surface area contributed by atoms with Gasteiger partial charge in [-0.1, -0.05) is 20.8 Å². The van der Waals surface area contributed by atoms with Gasteiger partial charge in [-0.05, 0) is 37.8 Å². The van der Waals surface area contributed by atoms with Crippen LogP contribution in [-0.2, 0) is 14.8 Å². The Kier molecular flexibility index (Phi) is 6.73. The fourth-order valence-electron chi connectivity index (χ4n) is 2.13. The molecule has 1 aliphatic heterocycles. The summed E-state index contributed by atoms with van der Waals surface area (Å²) >= 11 is 0. The zero-order valence-corrected chi connectivity index (χ0v) is 13.2. The van der Waals surface area contributed by atoms with Crippen molar-refractivity contribution in [3.05, 3.63) is 0 Å². The first-order valence-electron chi connectivity index (χ1n) is 7.08. The molecule has 1 rings (SSSR count). The van der Waals surface area contributed by atoms with Gasteiger partial charge in [0.05, 0.1) is 11.9 Å². The van der Waals surface area contributed by atoms with Crippen LogP contribution in [0, 0.1) is 5.41 Å². The first-order chi connectivity index (χ1) is 8.79. The maximum Gasteiger partial charge on any atom is 0.212 e. The van der Waals surface area contributed by atoms with Crippen molar-refractivity contribution < 1.29 is 13.2 Å². The van der Waals surface area contributed by atoms with Gasteiger partial charge in [-0.3, -0.25) is 0 Å². The number of nitrogens with one attached hydrogen (secondary N) is 2. The highest BCUT2D eigenvalue weighted by Crippen LogP contribution is 2.15. The van der Waals surface area contributed by atoms with Crippen LogP contribution in [0.2, 0.25) is 0 Å². The van der Waals surface area contributed by atoms with Crippen molar-refractivity contribution in [3.63, 3.8) is 0 Å². The molecule has 1 aliphatic rings. The van der Waals surface area contributed by atoms with E-state index in [4.69, 9.17) is 4.74 Å². The third-order valence-electron chi connectivity index (χ3n) is 2.91. The van der Waals surface area contributed by atoms with Crippen molar-refractivity contribution in [2.75, 3.05) is 32.0 Å². The summed E-state index contributed by atoms with van der Waals surface area (Å²) in [6.07, 6.45) is 3.17. The molecule has 1 saturated heterocycles. The molecule has 0 aromatic heterocycles. The zero-order chi connectivity index (χ0) is 14.4. The molecule has 6 heteroatoms. The average molecular weight is 292 g/mol. The summed E-state index contributed by atoms with van der Waals surface area (Å²) in [5.74, 6) is 0.162. The largest absolute Gasteiger partial charge is 0.378 e. The molecular formula is C13H28N2O3S. The fourth-order valence-corrected chi connectivity index (χ4v) is 3.83. The number of hydrogen-bond acceptors (Lipinski definition) is 4. The summed E-state index contributed by atoms with van der Waals surface area (Å²) < 4.78 is 31.9.